The average molecular weight is 289 g/mol. The van der Waals surface area contributed by atoms with Crippen molar-refractivity contribution >= 4 is 5.91 Å². The van der Waals surface area contributed by atoms with E-state index in [1.807, 2.05) is 23.1 Å². The fourth-order valence-corrected chi connectivity index (χ4v) is 3.42. The molecule has 1 aromatic rings. The van der Waals surface area contributed by atoms with Crippen LogP contribution in [0.2, 0.25) is 0 Å². The highest BCUT2D eigenvalue weighted by molar-refractivity contribution is 5.81. The number of hydrogen-bond donors (Lipinski definition) is 0. The summed E-state index contributed by atoms with van der Waals surface area (Å²) in [6, 6.07) is 8.35. The van der Waals surface area contributed by atoms with E-state index < -0.39 is 0 Å². The monoisotopic (exact) mass is 289 g/mol. The maximum atomic E-state index is 12.6. The van der Waals surface area contributed by atoms with Crippen LogP contribution >= 0.6 is 0 Å². The lowest BCUT2D eigenvalue weighted by Gasteiger charge is -2.27. The van der Waals surface area contributed by atoms with Crippen molar-refractivity contribution in [1.29, 1.82) is 0 Å². The quantitative estimate of drug-likeness (QED) is 0.854. The number of benzene rings is 1. The Bertz CT molecular complexity index is 497. The summed E-state index contributed by atoms with van der Waals surface area (Å²) in [5.74, 6) is 1.10. The summed E-state index contributed by atoms with van der Waals surface area (Å²) in [5.41, 5.74) is 1.18. The number of para-hydroxylation sites is 1. The number of amides is 1. The van der Waals surface area contributed by atoms with Gasteiger partial charge in [-0.2, -0.15) is 0 Å². The summed E-state index contributed by atoms with van der Waals surface area (Å²) in [6.45, 7) is 1.58. The molecule has 0 aromatic heterocycles. The van der Waals surface area contributed by atoms with Crippen LogP contribution in [0.25, 0.3) is 0 Å². The molecule has 2 aliphatic rings. The topological polar surface area (TPSA) is 38.8 Å². The molecule has 1 amide bonds. The zero-order valence-electron chi connectivity index (χ0n) is 12.6. The SMILES string of the molecule is COc1ccccc1C[C@H]1CCCN1C(=O)[C@@H]1CCCO1. The van der Waals surface area contributed by atoms with E-state index in [1.165, 1.54) is 5.56 Å². The Hall–Kier alpha value is -1.55. The zero-order chi connectivity index (χ0) is 14.7. The van der Waals surface area contributed by atoms with Gasteiger partial charge in [-0.3, -0.25) is 4.79 Å². The first-order chi connectivity index (χ1) is 10.3. The fourth-order valence-electron chi connectivity index (χ4n) is 3.42. The summed E-state index contributed by atoms with van der Waals surface area (Å²) < 4.78 is 11.0. The molecule has 0 radical (unpaired) electrons. The molecule has 0 unspecified atom stereocenters. The predicted molar refractivity (Wildman–Crippen MR) is 80.4 cm³/mol. The molecular weight excluding hydrogens is 266 g/mol. The summed E-state index contributed by atoms with van der Waals surface area (Å²) >= 11 is 0. The van der Waals surface area contributed by atoms with Gasteiger partial charge in [-0.25, -0.2) is 0 Å². The van der Waals surface area contributed by atoms with Gasteiger partial charge in [0.05, 0.1) is 7.11 Å². The first kappa shape index (κ1) is 14.4. The Morgan fingerprint density at radius 3 is 2.95 bits per heavy atom. The summed E-state index contributed by atoms with van der Waals surface area (Å²) in [4.78, 5) is 14.6. The smallest absolute Gasteiger partial charge is 0.251 e. The van der Waals surface area contributed by atoms with Gasteiger partial charge in [0.25, 0.3) is 5.91 Å². The van der Waals surface area contributed by atoms with Gasteiger partial charge in [0.1, 0.15) is 11.9 Å². The van der Waals surface area contributed by atoms with Gasteiger partial charge in [-0.15, -0.1) is 0 Å². The number of nitrogens with zero attached hydrogens (tertiary/aromatic N) is 1. The third kappa shape index (κ3) is 3.05. The molecule has 4 nitrogen and oxygen atoms in total. The molecular formula is C17H23NO3. The highest BCUT2D eigenvalue weighted by Crippen LogP contribution is 2.28. The molecule has 2 heterocycles. The van der Waals surface area contributed by atoms with E-state index in [0.29, 0.717) is 0 Å². The van der Waals surface area contributed by atoms with E-state index in [4.69, 9.17) is 9.47 Å². The van der Waals surface area contributed by atoms with Crippen LogP contribution in [0.3, 0.4) is 0 Å². The maximum absolute atomic E-state index is 12.6. The van der Waals surface area contributed by atoms with Crippen molar-refractivity contribution in [3.05, 3.63) is 29.8 Å². The van der Waals surface area contributed by atoms with E-state index in [0.717, 1.165) is 51.0 Å². The number of carbonyl (C=O) groups is 1. The second-order valence-corrected chi connectivity index (χ2v) is 5.85. The van der Waals surface area contributed by atoms with Crippen molar-refractivity contribution < 1.29 is 14.3 Å². The van der Waals surface area contributed by atoms with Gasteiger partial charge in [0.15, 0.2) is 0 Å². The van der Waals surface area contributed by atoms with E-state index >= 15 is 0 Å². The molecule has 2 aliphatic heterocycles. The number of carbonyl (C=O) groups excluding carboxylic acids is 1. The van der Waals surface area contributed by atoms with Gasteiger partial charge in [-0.05, 0) is 43.7 Å². The zero-order valence-corrected chi connectivity index (χ0v) is 12.6. The summed E-state index contributed by atoms with van der Waals surface area (Å²) in [6.07, 6.45) is 4.68. The van der Waals surface area contributed by atoms with E-state index in [-0.39, 0.29) is 18.1 Å². The first-order valence-corrected chi connectivity index (χ1v) is 7.83. The van der Waals surface area contributed by atoms with Crippen LogP contribution in [-0.4, -0.2) is 43.2 Å². The van der Waals surface area contributed by atoms with E-state index in [2.05, 4.69) is 6.07 Å². The molecule has 2 atom stereocenters. The summed E-state index contributed by atoms with van der Waals surface area (Å²) in [5, 5.41) is 0. The van der Waals surface area contributed by atoms with Gasteiger partial charge in [-0.1, -0.05) is 18.2 Å². The molecule has 2 saturated heterocycles. The van der Waals surface area contributed by atoms with Gasteiger partial charge in [0, 0.05) is 19.2 Å². The molecule has 0 N–H and O–H groups in total. The third-order valence-electron chi connectivity index (χ3n) is 4.51. The van der Waals surface area contributed by atoms with Crippen LogP contribution in [0.15, 0.2) is 24.3 Å². The Morgan fingerprint density at radius 1 is 1.33 bits per heavy atom. The number of rotatable bonds is 4. The minimum atomic E-state index is -0.205. The van der Waals surface area contributed by atoms with Gasteiger partial charge in [0.2, 0.25) is 0 Å². The normalized spacial score (nSPS) is 25.3. The Kier molecular flexibility index (Phi) is 4.44. The maximum Gasteiger partial charge on any atom is 0.251 e. The van der Waals surface area contributed by atoms with Crippen LogP contribution < -0.4 is 4.74 Å². The molecule has 1 aromatic carbocycles. The molecule has 2 fully saturated rings. The van der Waals surface area contributed by atoms with Crippen LogP contribution in [0.1, 0.15) is 31.2 Å². The van der Waals surface area contributed by atoms with Crippen LogP contribution in [0.4, 0.5) is 0 Å². The second-order valence-electron chi connectivity index (χ2n) is 5.85. The van der Waals surface area contributed by atoms with Crippen molar-refractivity contribution in [2.75, 3.05) is 20.3 Å². The molecule has 0 saturated carbocycles. The lowest BCUT2D eigenvalue weighted by molar-refractivity contribution is -0.141. The van der Waals surface area contributed by atoms with Crippen molar-refractivity contribution in [2.24, 2.45) is 0 Å². The van der Waals surface area contributed by atoms with Crippen molar-refractivity contribution in [1.82, 2.24) is 4.90 Å². The Labute approximate surface area is 126 Å². The van der Waals surface area contributed by atoms with Gasteiger partial charge >= 0.3 is 0 Å². The van der Waals surface area contributed by atoms with E-state index in [1.54, 1.807) is 7.11 Å². The molecule has 0 bridgehead atoms. The van der Waals surface area contributed by atoms with Gasteiger partial charge < -0.3 is 14.4 Å². The summed E-state index contributed by atoms with van der Waals surface area (Å²) in [7, 11) is 1.70. The van der Waals surface area contributed by atoms with Crippen LogP contribution in [-0.2, 0) is 16.0 Å². The Morgan fingerprint density at radius 2 is 2.19 bits per heavy atom. The minimum Gasteiger partial charge on any atom is -0.496 e. The Balaban J connectivity index is 1.70. The number of methoxy groups -OCH3 is 1. The lowest BCUT2D eigenvalue weighted by Crippen LogP contribution is -2.42. The highest BCUT2D eigenvalue weighted by atomic mass is 16.5. The standard InChI is InChI=1S/C17H23NO3/c1-20-15-8-3-2-6-13(15)12-14-7-4-10-18(14)17(19)16-9-5-11-21-16/h2-3,6,8,14,16H,4-5,7,9-12H2,1H3/t14-,16+/m1/s1. The molecule has 0 aliphatic carbocycles. The first-order valence-electron chi connectivity index (χ1n) is 7.83. The number of hydrogen-bond acceptors (Lipinski definition) is 3. The molecule has 4 heteroatoms. The predicted octanol–water partition coefficient (Wildman–Crippen LogP) is 2.41. The third-order valence-corrected chi connectivity index (χ3v) is 4.51. The average Bonchev–Trinajstić information content (AvgIpc) is 3.18. The van der Waals surface area contributed by atoms with Crippen molar-refractivity contribution in [3.8, 4) is 5.75 Å². The molecule has 114 valence electrons. The molecule has 0 spiro atoms. The largest absolute Gasteiger partial charge is 0.496 e. The lowest BCUT2D eigenvalue weighted by atomic mass is 10.0. The fraction of sp³-hybridized carbons (Fsp3) is 0.588. The molecule has 3 rings (SSSR count). The minimum absolute atomic E-state index is 0.185. The number of ether oxygens (including phenoxy) is 2. The van der Waals surface area contributed by atoms with Crippen LogP contribution in [0.5, 0.6) is 5.75 Å². The number of likely N-dealkylation sites (tertiary alicyclic amines) is 1. The molecule has 21 heavy (non-hydrogen) atoms. The van der Waals surface area contributed by atoms with Crippen molar-refractivity contribution in [2.45, 2.75) is 44.2 Å². The van der Waals surface area contributed by atoms with Crippen molar-refractivity contribution in [3.63, 3.8) is 0 Å². The highest BCUT2D eigenvalue weighted by Gasteiger charge is 2.35. The second kappa shape index (κ2) is 6.48. The van der Waals surface area contributed by atoms with E-state index in [9.17, 15) is 4.79 Å². The van der Waals surface area contributed by atoms with Crippen LogP contribution in [0, 0.1) is 0 Å².